The molecule has 1 rings (SSSR count). The van der Waals surface area contributed by atoms with Crippen LogP contribution in [0.2, 0.25) is 0 Å². The van der Waals surface area contributed by atoms with Crippen molar-refractivity contribution >= 4 is 5.91 Å². The lowest BCUT2D eigenvalue weighted by atomic mass is 10.1. The van der Waals surface area contributed by atoms with Crippen molar-refractivity contribution < 1.29 is 4.79 Å². The minimum Gasteiger partial charge on any atom is -0.369 e. The number of primary amides is 1. The Bertz CT molecular complexity index is 164. The van der Waals surface area contributed by atoms with Gasteiger partial charge in [-0.15, -0.1) is 0 Å². The van der Waals surface area contributed by atoms with Gasteiger partial charge in [-0.05, 0) is 45.3 Å². The molecule has 1 aliphatic heterocycles. The Balaban J connectivity index is 2.02. The molecule has 13 heavy (non-hydrogen) atoms. The summed E-state index contributed by atoms with van der Waals surface area (Å²) >= 11 is 0. The van der Waals surface area contributed by atoms with Crippen molar-refractivity contribution in [3.63, 3.8) is 0 Å². The molecule has 0 bridgehead atoms. The highest BCUT2D eigenvalue weighted by atomic mass is 16.1. The van der Waals surface area contributed by atoms with E-state index in [1.807, 2.05) is 6.92 Å². The molecule has 1 amide bonds. The molecular formula is C10H20N2O. The molecule has 0 aromatic heterocycles. The Hall–Kier alpha value is -0.570. The fraction of sp³-hybridized carbons (Fsp3) is 0.900. The molecule has 0 saturated carbocycles. The molecule has 0 aromatic rings. The maximum Gasteiger partial charge on any atom is 0.220 e. The molecule has 1 heterocycles. The van der Waals surface area contributed by atoms with Crippen molar-refractivity contribution in [1.82, 2.24) is 4.90 Å². The number of nitrogens with zero attached hydrogens (tertiary/aromatic N) is 1. The van der Waals surface area contributed by atoms with E-state index >= 15 is 0 Å². The van der Waals surface area contributed by atoms with Crippen molar-refractivity contribution in [3.8, 4) is 0 Å². The zero-order valence-corrected chi connectivity index (χ0v) is 8.46. The lowest BCUT2D eigenvalue weighted by Gasteiger charge is -2.15. The number of carbonyl (C=O) groups is 1. The molecule has 3 heteroatoms. The first kappa shape index (κ1) is 10.5. The van der Waals surface area contributed by atoms with Gasteiger partial charge in [0.25, 0.3) is 0 Å². The van der Waals surface area contributed by atoms with Gasteiger partial charge < -0.3 is 10.6 Å². The fourth-order valence-electron chi connectivity index (χ4n) is 1.77. The van der Waals surface area contributed by atoms with Gasteiger partial charge in [0.2, 0.25) is 5.91 Å². The second-order valence-corrected chi connectivity index (χ2v) is 3.99. The average molecular weight is 184 g/mol. The van der Waals surface area contributed by atoms with E-state index in [0.29, 0.717) is 0 Å². The van der Waals surface area contributed by atoms with Crippen LogP contribution in [0.4, 0.5) is 0 Å². The van der Waals surface area contributed by atoms with Crippen LogP contribution in [0.5, 0.6) is 0 Å². The van der Waals surface area contributed by atoms with E-state index in [2.05, 4.69) is 4.90 Å². The number of likely N-dealkylation sites (tertiary alicyclic amines) is 1. The first-order chi connectivity index (χ1) is 6.20. The van der Waals surface area contributed by atoms with Gasteiger partial charge in [-0.1, -0.05) is 6.92 Å². The predicted molar refractivity (Wildman–Crippen MR) is 53.3 cm³/mol. The molecule has 76 valence electrons. The standard InChI is InChI=1S/C10H20N2O/c1-9(10(11)13)5-4-8-12-6-2-3-7-12/h9H,2-8H2,1H3,(H2,11,13). The van der Waals surface area contributed by atoms with Crippen LogP contribution >= 0.6 is 0 Å². The van der Waals surface area contributed by atoms with E-state index in [9.17, 15) is 4.79 Å². The Morgan fingerprint density at radius 2 is 2.08 bits per heavy atom. The van der Waals surface area contributed by atoms with Gasteiger partial charge in [0.15, 0.2) is 0 Å². The van der Waals surface area contributed by atoms with Crippen molar-refractivity contribution in [1.29, 1.82) is 0 Å². The molecule has 3 nitrogen and oxygen atoms in total. The molecule has 1 aliphatic rings. The van der Waals surface area contributed by atoms with Crippen LogP contribution < -0.4 is 5.73 Å². The zero-order chi connectivity index (χ0) is 9.68. The molecule has 0 aromatic carbocycles. The molecule has 0 radical (unpaired) electrons. The molecule has 1 atom stereocenters. The molecule has 1 fully saturated rings. The number of hydrogen-bond acceptors (Lipinski definition) is 2. The summed E-state index contributed by atoms with van der Waals surface area (Å²) in [6.45, 7) is 5.53. The van der Waals surface area contributed by atoms with E-state index < -0.39 is 0 Å². The number of amides is 1. The summed E-state index contributed by atoms with van der Waals surface area (Å²) in [7, 11) is 0. The Morgan fingerprint density at radius 3 is 2.62 bits per heavy atom. The van der Waals surface area contributed by atoms with E-state index in [1.54, 1.807) is 0 Å². The lowest BCUT2D eigenvalue weighted by Crippen LogP contribution is -2.24. The summed E-state index contributed by atoms with van der Waals surface area (Å²) in [6, 6.07) is 0. The van der Waals surface area contributed by atoms with Gasteiger partial charge in [-0.3, -0.25) is 4.79 Å². The number of carbonyl (C=O) groups excluding carboxylic acids is 1. The molecule has 0 spiro atoms. The minimum atomic E-state index is -0.165. The summed E-state index contributed by atoms with van der Waals surface area (Å²) < 4.78 is 0. The second-order valence-electron chi connectivity index (χ2n) is 3.99. The van der Waals surface area contributed by atoms with Gasteiger partial charge in [0, 0.05) is 5.92 Å². The molecule has 2 N–H and O–H groups in total. The van der Waals surface area contributed by atoms with Crippen LogP contribution in [0.3, 0.4) is 0 Å². The van der Waals surface area contributed by atoms with E-state index in [0.717, 1.165) is 19.4 Å². The molecule has 0 aliphatic carbocycles. The molecule has 1 saturated heterocycles. The zero-order valence-electron chi connectivity index (χ0n) is 8.46. The first-order valence-corrected chi connectivity index (χ1v) is 5.22. The van der Waals surface area contributed by atoms with Gasteiger partial charge >= 0.3 is 0 Å². The van der Waals surface area contributed by atoms with Crippen LogP contribution in [-0.4, -0.2) is 30.4 Å². The SMILES string of the molecule is CC(CCCN1CCCC1)C(N)=O. The minimum absolute atomic E-state index is 0.0441. The van der Waals surface area contributed by atoms with Crippen LogP contribution in [0.1, 0.15) is 32.6 Å². The largest absolute Gasteiger partial charge is 0.369 e. The summed E-state index contributed by atoms with van der Waals surface area (Å²) in [4.78, 5) is 13.2. The lowest BCUT2D eigenvalue weighted by molar-refractivity contribution is -0.121. The Labute approximate surface area is 80.3 Å². The topological polar surface area (TPSA) is 46.3 Å². The third-order valence-electron chi connectivity index (χ3n) is 2.80. The maximum atomic E-state index is 10.7. The molecule has 1 unspecified atom stereocenters. The summed E-state index contributed by atoms with van der Waals surface area (Å²) in [5.74, 6) is -0.121. The van der Waals surface area contributed by atoms with E-state index in [1.165, 1.54) is 25.9 Å². The van der Waals surface area contributed by atoms with E-state index in [4.69, 9.17) is 5.73 Å². The normalized spacial score (nSPS) is 20.4. The van der Waals surface area contributed by atoms with Crippen molar-refractivity contribution in [2.24, 2.45) is 11.7 Å². The van der Waals surface area contributed by atoms with Crippen molar-refractivity contribution in [2.75, 3.05) is 19.6 Å². The Morgan fingerprint density at radius 1 is 1.46 bits per heavy atom. The van der Waals surface area contributed by atoms with Gasteiger partial charge in [-0.2, -0.15) is 0 Å². The van der Waals surface area contributed by atoms with E-state index in [-0.39, 0.29) is 11.8 Å². The smallest absolute Gasteiger partial charge is 0.220 e. The maximum absolute atomic E-state index is 10.7. The second kappa shape index (κ2) is 5.22. The average Bonchev–Trinajstić information content (AvgIpc) is 2.56. The van der Waals surface area contributed by atoms with Gasteiger partial charge in [0.05, 0.1) is 0 Å². The summed E-state index contributed by atoms with van der Waals surface area (Å²) in [5.41, 5.74) is 5.18. The summed E-state index contributed by atoms with van der Waals surface area (Å²) in [5, 5.41) is 0. The number of nitrogens with two attached hydrogens (primary N) is 1. The quantitative estimate of drug-likeness (QED) is 0.692. The van der Waals surface area contributed by atoms with Crippen LogP contribution in [0, 0.1) is 5.92 Å². The highest BCUT2D eigenvalue weighted by Crippen LogP contribution is 2.10. The van der Waals surface area contributed by atoms with Crippen LogP contribution in [0.25, 0.3) is 0 Å². The number of rotatable bonds is 5. The third-order valence-corrected chi connectivity index (χ3v) is 2.80. The summed E-state index contributed by atoms with van der Waals surface area (Å²) in [6.07, 6.45) is 4.71. The Kier molecular flexibility index (Phi) is 4.22. The fourth-order valence-corrected chi connectivity index (χ4v) is 1.77. The monoisotopic (exact) mass is 184 g/mol. The highest BCUT2D eigenvalue weighted by molar-refractivity contribution is 5.76. The van der Waals surface area contributed by atoms with Crippen LogP contribution in [-0.2, 0) is 4.79 Å². The van der Waals surface area contributed by atoms with Crippen molar-refractivity contribution in [3.05, 3.63) is 0 Å². The number of hydrogen-bond donors (Lipinski definition) is 1. The first-order valence-electron chi connectivity index (χ1n) is 5.22. The third kappa shape index (κ3) is 3.77. The van der Waals surface area contributed by atoms with Crippen LogP contribution in [0.15, 0.2) is 0 Å². The predicted octanol–water partition coefficient (Wildman–Crippen LogP) is 0.984. The van der Waals surface area contributed by atoms with Gasteiger partial charge in [0.1, 0.15) is 0 Å². The van der Waals surface area contributed by atoms with Crippen molar-refractivity contribution in [2.45, 2.75) is 32.6 Å². The van der Waals surface area contributed by atoms with Gasteiger partial charge in [-0.25, -0.2) is 0 Å². The highest BCUT2D eigenvalue weighted by Gasteiger charge is 2.12. The molecular weight excluding hydrogens is 164 g/mol.